The number of hydrogen-bond acceptors (Lipinski definition) is 4. The molecule has 3 aromatic carbocycles. The summed E-state index contributed by atoms with van der Waals surface area (Å²) in [6.45, 7) is 10.9. The highest BCUT2D eigenvalue weighted by atomic mass is 35.5. The molecule has 9 heteroatoms. The van der Waals surface area contributed by atoms with Crippen LogP contribution < -0.4 is 20.1 Å². The van der Waals surface area contributed by atoms with Crippen LogP contribution in [0, 0.1) is 13.8 Å². The molecule has 186 valence electrons. The second kappa shape index (κ2) is 11.7. The third kappa shape index (κ3) is 5.70. The average molecular weight is 525 g/mol. The summed E-state index contributed by atoms with van der Waals surface area (Å²) in [4.78, 5) is 20.5. The molecule has 0 heterocycles. The van der Waals surface area contributed by atoms with Crippen LogP contribution in [0.1, 0.15) is 11.1 Å². The lowest BCUT2D eigenvalue weighted by Crippen LogP contribution is -2.11. The zero-order chi connectivity index (χ0) is 26.4. The molecule has 0 radical (unpaired) electrons. The van der Waals surface area contributed by atoms with Gasteiger partial charge in [-0.15, -0.1) is 0 Å². The molecule has 0 unspecified atom stereocenters. The van der Waals surface area contributed by atoms with Crippen molar-refractivity contribution in [3.05, 3.63) is 76.3 Å². The maximum atomic E-state index is 11.8. The van der Waals surface area contributed by atoms with Gasteiger partial charge in [0.15, 0.2) is 0 Å². The largest absolute Gasteiger partial charge is 0.495 e. The number of ether oxygens (including phenoxy) is 2. The van der Waals surface area contributed by atoms with Crippen LogP contribution in [0.25, 0.3) is 11.1 Å². The molecular weight excluding hydrogens is 499 g/mol. The van der Waals surface area contributed by atoms with Gasteiger partial charge in [0.2, 0.25) is 11.9 Å². The van der Waals surface area contributed by atoms with Crippen LogP contribution in [0.15, 0.2) is 65.1 Å². The van der Waals surface area contributed by atoms with E-state index in [0.717, 1.165) is 22.4 Å². The minimum Gasteiger partial charge on any atom is -0.495 e. The van der Waals surface area contributed by atoms with Crippen molar-refractivity contribution >= 4 is 58.8 Å². The predicted octanol–water partition coefficient (Wildman–Crippen LogP) is 7.22. The van der Waals surface area contributed by atoms with E-state index < -0.39 is 0 Å². The first-order chi connectivity index (χ1) is 17.2. The number of amides is 1. The lowest BCUT2D eigenvalue weighted by Gasteiger charge is -2.16. The molecule has 1 amide bonds. The fraction of sp³-hybridized carbons (Fsp3) is 0.148. The van der Waals surface area contributed by atoms with Crippen molar-refractivity contribution in [1.82, 2.24) is 0 Å². The summed E-state index contributed by atoms with van der Waals surface area (Å²) in [6, 6.07) is 12.8. The van der Waals surface area contributed by atoms with Crippen LogP contribution in [0.4, 0.5) is 17.1 Å². The number of para-hydroxylation sites is 1. The van der Waals surface area contributed by atoms with Crippen molar-refractivity contribution in [2.75, 3.05) is 24.9 Å². The van der Waals surface area contributed by atoms with Gasteiger partial charge < -0.3 is 20.1 Å². The highest BCUT2D eigenvalue weighted by Gasteiger charge is 2.19. The second-order valence-electron chi connectivity index (χ2n) is 7.70. The van der Waals surface area contributed by atoms with Crippen LogP contribution in [-0.4, -0.2) is 32.8 Å². The lowest BCUT2D eigenvalue weighted by molar-refractivity contribution is -0.111. The van der Waals surface area contributed by atoms with Gasteiger partial charge in [-0.05, 0) is 61.5 Å². The summed E-state index contributed by atoms with van der Waals surface area (Å²) in [5, 5.41) is 6.72. The normalized spacial score (nSPS) is 11.0. The fourth-order valence-corrected chi connectivity index (χ4v) is 4.24. The molecule has 0 atom stereocenters. The molecule has 0 aliphatic rings. The Balaban J connectivity index is 2.00. The lowest BCUT2D eigenvalue weighted by atomic mass is 10.0. The third-order valence-corrected chi connectivity index (χ3v) is 6.13. The number of guanidine groups is 1. The van der Waals surface area contributed by atoms with E-state index in [0.29, 0.717) is 38.5 Å². The molecular formula is C27H26Cl2N4O3. The van der Waals surface area contributed by atoms with Gasteiger partial charge in [-0.1, -0.05) is 48.0 Å². The number of benzene rings is 3. The summed E-state index contributed by atoms with van der Waals surface area (Å²) < 4.78 is 10.8. The van der Waals surface area contributed by atoms with Crippen molar-refractivity contribution in [3.8, 4) is 22.6 Å². The van der Waals surface area contributed by atoms with Crippen molar-refractivity contribution in [1.29, 1.82) is 0 Å². The molecule has 0 aliphatic heterocycles. The maximum absolute atomic E-state index is 11.8. The van der Waals surface area contributed by atoms with E-state index in [9.17, 15) is 4.79 Å². The van der Waals surface area contributed by atoms with Crippen molar-refractivity contribution in [3.63, 3.8) is 0 Å². The van der Waals surface area contributed by atoms with E-state index >= 15 is 0 Å². The van der Waals surface area contributed by atoms with Crippen LogP contribution in [-0.2, 0) is 4.79 Å². The second-order valence-corrected chi connectivity index (χ2v) is 8.45. The first kappa shape index (κ1) is 26.8. The SMILES string of the molecule is C=CC(=O)Nc1cccc(C)c1N=C(N=C)Nc1ccc(-c2c(Cl)c(OC)cc(OC)c2Cl)cc1C. The summed E-state index contributed by atoms with van der Waals surface area (Å²) in [5.74, 6) is 0.829. The number of halogens is 2. The Kier molecular flexibility index (Phi) is 8.74. The smallest absolute Gasteiger partial charge is 0.247 e. The van der Waals surface area contributed by atoms with Gasteiger partial charge >= 0.3 is 0 Å². The topological polar surface area (TPSA) is 84.3 Å². The van der Waals surface area contributed by atoms with Crippen molar-refractivity contribution in [2.45, 2.75) is 13.8 Å². The first-order valence-corrected chi connectivity index (χ1v) is 11.6. The van der Waals surface area contributed by atoms with E-state index in [2.05, 4.69) is 33.9 Å². The summed E-state index contributed by atoms with van der Waals surface area (Å²) in [7, 11) is 3.06. The quantitative estimate of drug-likeness (QED) is 0.194. The molecule has 0 saturated heterocycles. The molecule has 36 heavy (non-hydrogen) atoms. The first-order valence-electron chi connectivity index (χ1n) is 10.8. The van der Waals surface area contributed by atoms with E-state index in [1.54, 1.807) is 12.1 Å². The fourth-order valence-electron chi connectivity index (χ4n) is 3.52. The number of carbonyl (C=O) groups excluding carboxylic acids is 1. The summed E-state index contributed by atoms with van der Waals surface area (Å²) in [5.41, 5.74) is 4.94. The Morgan fingerprint density at radius 1 is 0.944 bits per heavy atom. The number of aryl methyl sites for hydroxylation is 2. The highest BCUT2D eigenvalue weighted by Crippen LogP contribution is 2.46. The van der Waals surface area contributed by atoms with Crippen molar-refractivity contribution < 1.29 is 14.3 Å². The molecule has 0 saturated carbocycles. The van der Waals surface area contributed by atoms with Gasteiger partial charge in [-0.25, -0.2) is 9.98 Å². The van der Waals surface area contributed by atoms with Crippen LogP contribution in [0.3, 0.4) is 0 Å². The van der Waals surface area contributed by atoms with E-state index in [1.165, 1.54) is 20.3 Å². The Bertz CT molecular complexity index is 1340. The zero-order valence-electron chi connectivity index (χ0n) is 20.4. The molecule has 0 bridgehead atoms. The zero-order valence-corrected chi connectivity index (χ0v) is 21.9. The summed E-state index contributed by atoms with van der Waals surface area (Å²) >= 11 is 13.2. The number of methoxy groups -OCH3 is 2. The molecule has 0 fully saturated rings. The van der Waals surface area contributed by atoms with E-state index in [-0.39, 0.29) is 11.9 Å². The molecule has 0 spiro atoms. The molecule has 2 N–H and O–H groups in total. The van der Waals surface area contributed by atoms with Gasteiger partial charge in [-0.3, -0.25) is 4.79 Å². The van der Waals surface area contributed by atoms with Gasteiger partial charge in [0.25, 0.3) is 0 Å². The number of hydrogen-bond donors (Lipinski definition) is 2. The van der Waals surface area contributed by atoms with Crippen LogP contribution >= 0.6 is 23.2 Å². The molecule has 7 nitrogen and oxygen atoms in total. The molecule has 0 aliphatic carbocycles. The van der Waals surface area contributed by atoms with E-state index in [4.69, 9.17) is 32.7 Å². The number of nitrogens with zero attached hydrogens (tertiary/aromatic N) is 2. The third-order valence-electron chi connectivity index (χ3n) is 5.38. The monoisotopic (exact) mass is 524 g/mol. The Morgan fingerprint density at radius 3 is 2.17 bits per heavy atom. The number of rotatable bonds is 7. The van der Waals surface area contributed by atoms with Gasteiger partial charge in [0.1, 0.15) is 11.5 Å². The van der Waals surface area contributed by atoms with Gasteiger partial charge in [-0.2, -0.15) is 0 Å². The Hall–Kier alpha value is -3.81. The minimum absolute atomic E-state index is 0.258. The molecule has 3 rings (SSSR count). The maximum Gasteiger partial charge on any atom is 0.247 e. The Labute approximate surface area is 220 Å². The molecule has 0 aromatic heterocycles. The number of nitrogens with one attached hydrogen (secondary N) is 2. The predicted molar refractivity (Wildman–Crippen MR) is 150 cm³/mol. The minimum atomic E-state index is -0.337. The van der Waals surface area contributed by atoms with E-state index in [1.807, 2.05) is 44.2 Å². The number of anilines is 2. The average Bonchev–Trinajstić information content (AvgIpc) is 2.86. The highest BCUT2D eigenvalue weighted by molar-refractivity contribution is 6.41. The van der Waals surface area contributed by atoms with Gasteiger partial charge in [0.05, 0.1) is 35.6 Å². The standard InChI is InChI=1S/C27H26Cl2N4O3/c1-7-22(34)31-19-10-8-9-15(2)26(19)33-27(30-4)32-18-12-11-17(13-16(18)3)23-24(28)20(35-5)14-21(36-6)25(23)29/h7-14H,1,4H2,2-3,5-6H3,(H,31,34)(H,32,33). The van der Waals surface area contributed by atoms with Crippen LogP contribution in [0.5, 0.6) is 11.5 Å². The van der Waals surface area contributed by atoms with Gasteiger partial charge in [0, 0.05) is 17.3 Å². The summed E-state index contributed by atoms with van der Waals surface area (Å²) in [6.07, 6.45) is 1.20. The van der Waals surface area contributed by atoms with Crippen molar-refractivity contribution in [2.24, 2.45) is 9.98 Å². The molecule has 3 aromatic rings. The number of carbonyl (C=O) groups is 1. The van der Waals surface area contributed by atoms with Crippen LogP contribution in [0.2, 0.25) is 10.0 Å². The number of aliphatic imine (C=N–C) groups is 2. The Morgan fingerprint density at radius 2 is 1.61 bits per heavy atom.